The van der Waals surface area contributed by atoms with Gasteiger partial charge in [0.1, 0.15) is 0 Å². The van der Waals surface area contributed by atoms with Crippen LogP contribution in [0.15, 0.2) is 17.0 Å². The number of rotatable bonds is 2. The zero-order chi connectivity index (χ0) is 18.4. The highest BCUT2D eigenvalue weighted by Gasteiger charge is 2.34. The lowest BCUT2D eigenvalue weighted by Crippen LogP contribution is -2.27. The molecule has 0 bridgehead atoms. The average Bonchev–Trinajstić information content (AvgIpc) is 3.03. The Balaban J connectivity index is 2.12. The molecule has 10 heteroatoms. The number of anilines is 1. The zero-order valence-electron chi connectivity index (χ0n) is 12.7. The number of thioether (sulfide) groups is 1. The van der Waals surface area contributed by atoms with Crippen LogP contribution in [0.5, 0.6) is 0 Å². The molecule has 2 saturated heterocycles. The van der Waals surface area contributed by atoms with Gasteiger partial charge in [0.05, 0.1) is 21.2 Å². The molecule has 1 aromatic carbocycles. The van der Waals surface area contributed by atoms with Crippen LogP contribution in [0.4, 0.5) is 23.7 Å². The monoisotopic (exact) mass is 391 g/mol. The van der Waals surface area contributed by atoms with Gasteiger partial charge in [-0.2, -0.15) is 13.2 Å². The third-order valence-corrected chi connectivity index (χ3v) is 4.99. The number of carbonyl (C=O) groups excluding carboxylic acids is 2. The maximum Gasteiger partial charge on any atom is 0.416 e. The second-order valence-electron chi connectivity index (χ2n) is 5.74. The van der Waals surface area contributed by atoms with Crippen LogP contribution in [0.3, 0.4) is 0 Å². The molecule has 2 aliphatic rings. The molecule has 0 aromatic heterocycles. The molecule has 0 aliphatic carbocycles. The standard InChI is InChI=1S/C15H13ClF3N3O2S/c16-10-5-8(15(17,18)19)3-7(4-11-13(23)21-14(24)25-11)12(10)22-2-1-9(20)6-22/h3-5,9H,1-2,6,20H2,(H,21,23,24)/b11-4-/t9-/m0/s1. The van der Waals surface area contributed by atoms with Crippen molar-refractivity contribution < 1.29 is 22.8 Å². The fourth-order valence-corrected chi connectivity index (χ4v) is 3.80. The number of benzene rings is 1. The van der Waals surface area contributed by atoms with Crippen LogP contribution in [0, 0.1) is 0 Å². The van der Waals surface area contributed by atoms with Crippen molar-refractivity contribution in [3.05, 3.63) is 33.2 Å². The smallest absolute Gasteiger partial charge is 0.368 e. The quantitative estimate of drug-likeness (QED) is 0.757. The van der Waals surface area contributed by atoms with Crippen molar-refractivity contribution in [1.82, 2.24) is 5.32 Å². The van der Waals surface area contributed by atoms with Crippen molar-refractivity contribution in [2.45, 2.75) is 18.6 Å². The van der Waals surface area contributed by atoms with Crippen LogP contribution in [-0.2, 0) is 11.0 Å². The van der Waals surface area contributed by atoms with Gasteiger partial charge in [-0.05, 0) is 36.4 Å². The molecule has 5 nitrogen and oxygen atoms in total. The van der Waals surface area contributed by atoms with E-state index in [1.807, 2.05) is 0 Å². The van der Waals surface area contributed by atoms with Crippen LogP contribution in [0.1, 0.15) is 17.5 Å². The van der Waals surface area contributed by atoms with Crippen molar-refractivity contribution in [3.8, 4) is 0 Å². The molecule has 0 saturated carbocycles. The fraction of sp³-hybridized carbons (Fsp3) is 0.333. The maximum absolute atomic E-state index is 13.1. The number of alkyl halides is 3. The van der Waals surface area contributed by atoms with Crippen LogP contribution < -0.4 is 16.0 Å². The number of halogens is 4. The van der Waals surface area contributed by atoms with Gasteiger partial charge in [-0.3, -0.25) is 14.9 Å². The molecule has 0 spiro atoms. The highest BCUT2D eigenvalue weighted by Crippen LogP contribution is 2.40. The molecule has 3 rings (SSSR count). The van der Waals surface area contributed by atoms with E-state index in [-0.39, 0.29) is 21.5 Å². The number of nitrogens with one attached hydrogen (secondary N) is 1. The summed E-state index contributed by atoms with van der Waals surface area (Å²) in [5.41, 5.74) is 5.45. The molecular weight excluding hydrogens is 379 g/mol. The summed E-state index contributed by atoms with van der Waals surface area (Å²) in [5.74, 6) is -0.646. The first-order valence-corrected chi connectivity index (χ1v) is 8.50. The third-order valence-electron chi connectivity index (χ3n) is 3.89. The zero-order valence-corrected chi connectivity index (χ0v) is 14.3. The SMILES string of the molecule is N[C@H]1CCN(c2c(Cl)cc(C(F)(F)F)cc2/C=C2\SC(=O)NC2=O)C1. The molecule has 1 aromatic rings. The van der Waals surface area contributed by atoms with Crippen LogP contribution >= 0.6 is 23.4 Å². The Morgan fingerprint density at radius 1 is 1.36 bits per heavy atom. The Labute approximate surface area is 150 Å². The van der Waals surface area contributed by atoms with Gasteiger partial charge in [0.2, 0.25) is 0 Å². The van der Waals surface area contributed by atoms with Gasteiger partial charge in [-0.1, -0.05) is 11.6 Å². The lowest BCUT2D eigenvalue weighted by atomic mass is 10.1. The molecule has 0 radical (unpaired) electrons. The molecule has 2 aliphatic heterocycles. The number of imide groups is 1. The summed E-state index contributed by atoms with van der Waals surface area (Å²) in [6, 6.07) is 1.68. The van der Waals surface area contributed by atoms with E-state index < -0.39 is 22.9 Å². The minimum Gasteiger partial charge on any atom is -0.368 e. The Bertz CT molecular complexity index is 782. The molecule has 25 heavy (non-hydrogen) atoms. The Hall–Kier alpha value is -1.71. The van der Waals surface area contributed by atoms with Crippen LogP contribution in [0.25, 0.3) is 6.08 Å². The van der Waals surface area contributed by atoms with E-state index in [0.717, 1.165) is 12.1 Å². The number of hydrogen-bond acceptors (Lipinski definition) is 5. The van der Waals surface area contributed by atoms with Crippen molar-refractivity contribution in [1.29, 1.82) is 0 Å². The molecule has 1 atom stereocenters. The molecule has 134 valence electrons. The summed E-state index contributed by atoms with van der Waals surface area (Å²) >= 11 is 6.77. The van der Waals surface area contributed by atoms with Crippen molar-refractivity contribution in [3.63, 3.8) is 0 Å². The van der Waals surface area contributed by atoms with E-state index in [2.05, 4.69) is 5.32 Å². The Morgan fingerprint density at radius 3 is 2.60 bits per heavy atom. The predicted molar refractivity (Wildman–Crippen MR) is 90.4 cm³/mol. The first kappa shape index (κ1) is 18.1. The van der Waals surface area contributed by atoms with E-state index in [4.69, 9.17) is 17.3 Å². The third kappa shape index (κ3) is 3.78. The summed E-state index contributed by atoms with van der Waals surface area (Å²) in [6.45, 7) is 0.986. The number of nitrogens with zero attached hydrogens (tertiary/aromatic N) is 1. The second kappa shape index (κ2) is 6.54. The van der Waals surface area contributed by atoms with Gasteiger partial charge in [-0.25, -0.2) is 0 Å². The summed E-state index contributed by atoms with van der Waals surface area (Å²) < 4.78 is 39.4. The number of nitrogens with two attached hydrogens (primary N) is 1. The average molecular weight is 392 g/mol. The van der Waals surface area contributed by atoms with Gasteiger partial charge in [0.25, 0.3) is 11.1 Å². The molecule has 2 amide bonds. The number of carbonyl (C=O) groups is 2. The fourth-order valence-electron chi connectivity index (χ4n) is 2.78. The molecule has 0 unspecified atom stereocenters. The van der Waals surface area contributed by atoms with Gasteiger partial charge in [0.15, 0.2) is 0 Å². The van der Waals surface area contributed by atoms with E-state index in [0.29, 0.717) is 37.0 Å². The molecule has 2 heterocycles. The summed E-state index contributed by atoms with van der Waals surface area (Å²) in [4.78, 5) is 24.8. The Kier molecular flexibility index (Phi) is 4.74. The highest BCUT2D eigenvalue weighted by atomic mass is 35.5. The summed E-state index contributed by atoms with van der Waals surface area (Å²) in [7, 11) is 0. The normalized spacial score (nSPS) is 22.8. The largest absolute Gasteiger partial charge is 0.416 e. The molecular formula is C15H13ClF3N3O2S. The lowest BCUT2D eigenvalue weighted by Gasteiger charge is -2.23. The summed E-state index contributed by atoms with van der Waals surface area (Å²) in [5, 5.41) is 1.42. The molecule has 2 fully saturated rings. The van der Waals surface area contributed by atoms with Gasteiger partial charge in [-0.15, -0.1) is 0 Å². The van der Waals surface area contributed by atoms with Crippen molar-refractivity contribution in [2.75, 3.05) is 18.0 Å². The van der Waals surface area contributed by atoms with Crippen molar-refractivity contribution >= 4 is 46.3 Å². The van der Waals surface area contributed by atoms with E-state index in [1.54, 1.807) is 4.90 Å². The first-order valence-electron chi connectivity index (χ1n) is 7.31. The second-order valence-corrected chi connectivity index (χ2v) is 7.16. The summed E-state index contributed by atoms with van der Waals surface area (Å²) in [6.07, 6.45) is -2.65. The number of amides is 2. The minimum atomic E-state index is -4.59. The Morgan fingerprint density at radius 2 is 2.08 bits per heavy atom. The number of hydrogen-bond donors (Lipinski definition) is 2. The van der Waals surface area contributed by atoms with Gasteiger partial charge >= 0.3 is 6.18 Å². The molecule has 3 N–H and O–H groups in total. The van der Waals surface area contributed by atoms with Crippen molar-refractivity contribution in [2.24, 2.45) is 5.73 Å². The van der Waals surface area contributed by atoms with E-state index in [1.165, 1.54) is 6.08 Å². The topological polar surface area (TPSA) is 75.4 Å². The predicted octanol–water partition coefficient (Wildman–Crippen LogP) is 3.22. The van der Waals surface area contributed by atoms with E-state index in [9.17, 15) is 22.8 Å². The van der Waals surface area contributed by atoms with Gasteiger partial charge < -0.3 is 10.6 Å². The van der Waals surface area contributed by atoms with Gasteiger partial charge in [0, 0.05) is 24.7 Å². The minimum absolute atomic E-state index is 0.0186. The highest BCUT2D eigenvalue weighted by molar-refractivity contribution is 8.18. The maximum atomic E-state index is 13.1. The van der Waals surface area contributed by atoms with Crippen LogP contribution in [0.2, 0.25) is 5.02 Å². The van der Waals surface area contributed by atoms with E-state index >= 15 is 0 Å². The lowest BCUT2D eigenvalue weighted by molar-refractivity contribution is -0.137. The van der Waals surface area contributed by atoms with Crippen LogP contribution in [-0.4, -0.2) is 30.3 Å². The first-order chi connectivity index (χ1) is 11.6.